The fourth-order valence-electron chi connectivity index (χ4n) is 5.96. The van der Waals surface area contributed by atoms with Crippen LogP contribution in [0.25, 0.3) is 0 Å². The lowest BCUT2D eigenvalue weighted by Gasteiger charge is -2.54. The molecule has 0 unspecified atom stereocenters. The van der Waals surface area contributed by atoms with Gasteiger partial charge >= 0.3 is 0 Å². The van der Waals surface area contributed by atoms with Crippen molar-refractivity contribution in [1.82, 2.24) is 25.1 Å². The molecule has 0 bridgehead atoms. The van der Waals surface area contributed by atoms with Gasteiger partial charge in [-0.15, -0.1) is 0 Å². The van der Waals surface area contributed by atoms with E-state index in [-0.39, 0.29) is 34.6 Å². The predicted octanol–water partition coefficient (Wildman–Crippen LogP) is 2.43. The number of aliphatic hydroxyl groups is 1. The van der Waals surface area contributed by atoms with E-state index in [9.17, 15) is 19.1 Å². The number of aliphatic hydroxyl groups excluding tert-OH is 1. The Hall–Kier alpha value is -3.31. The highest BCUT2D eigenvalue weighted by Crippen LogP contribution is 2.45. The second-order valence-corrected chi connectivity index (χ2v) is 11.1. The molecule has 1 aromatic carbocycles. The first-order chi connectivity index (χ1) is 18.7. The number of benzene rings is 1. The minimum absolute atomic E-state index is 0.0127. The highest BCUT2D eigenvalue weighted by atomic mass is 19.1. The Morgan fingerprint density at radius 1 is 1.26 bits per heavy atom. The number of rotatable bonds is 7. The first-order valence-electron chi connectivity index (χ1n) is 13.7. The van der Waals surface area contributed by atoms with Crippen molar-refractivity contribution in [3.05, 3.63) is 42.1 Å². The molecule has 3 saturated heterocycles. The second kappa shape index (κ2) is 11.1. The van der Waals surface area contributed by atoms with Crippen LogP contribution in [0.15, 0.2) is 30.7 Å². The van der Waals surface area contributed by atoms with E-state index in [0.29, 0.717) is 44.2 Å². The third-order valence-corrected chi connectivity index (χ3v) is 8.22. The molecule has 3 fully saturated rings. The van der Waals surface area contributed by atoms with E-state index in [1.807, 2.05) is 25.7 Å². The minimum Gasteiger partial charge on any atom is -0.451 e. The lowest BCUT2D eigenvalue weighted by atomic mass is 9.72. The van der Waals surface area contributed by atoms with Crippen molar-refractivity contribution in [2.24, 2.45) is 5.41 Å². The smallest absolute Gasteiger partial charge is 0.257 e. The van der Waals surface area contributed by atoms with Gasteiger partial charge in [0.1, 0.15) is 23.9 Å². The Kier molecular flexibility index (Phi) is 7.73. The molecule has 2 N–H and O–H groups in total. The Bertz CT molecular complexity index is 1210. The van der Waals surface area contributed by atoms with Crippen molar-refractivity contribution in [1.29, 1.82) is 0 Å². The molecule has 5 rings (SSSR count). The molecule has 2 atom stereocenters. The molecule has 0 radical (unpaired) electrons. The molecule has 0 aliphatic carbocycles. The van der Waals surface area contributed by atoms with Crippen LogP contribution < -0.4 is 15.0 Å². The average molecular weight is 541 g/mol. The molecular weight excluding hydrogens is 503 g/mol. The van der Waals surface area contributed by atoms with Crippen LogP contribution in [0.3, 0.4) is 0 Å². The number of nitrogens with zero attached hydrogens (tertiary/aromatic N) is 5. The standard InChI is InChI=1S/C28H37FN6O4/c1-4-35(18(2)3)26(37)20-13-19(29)5-6-22(20)39-23-14-30-17-32-25(23)34-15-28(16-34)8-11-33(12-9-28)27(38)24-21(36)7-10-31-24/h5-6,13-14,17-18,21,24,31,36H,4,7-12,15-16H2,1-3H3/t21-,24-/m0/s1. The van der Waals surface area contributed by atoms with Gasteiger partial charge in [0.15, 0.2) is 11.6 Å². The number of piperidine rings is 1. The van der Waals surface area contributed by atoms with Crippen LogP contribution in [-0.2, 0) is 4.79 Å². The van der Waals surface area contributed by atoms with Crippen molar-refractivity contribution in [3.8, 4) is 11.5 Å². The molecule has 2 amide bonds. The van der Waals surface area contributed by atoms with Crippen molar-refractivity contribution in [3.63, 3.8) is 0 Å². The summed E-state index contributed by atoms with van der Waals surface area (Å²) in [6, 6.07) is 3.40. The van der Waals surface area contributed by atoms with Gasteiger partial charge in [0.25, 0.3) is 5.91 Å². The van der Waals surface area contributed by atoms with Crippen molar-refractivity contribution >= 4 is 17.6 Å². The van der Waals surface area contributed by atoms with Gasteiger partial charge in [-0.05, 0) is 64.8 Å². The monoisotopic (exact) mass is 540 g/mol. The lowest BCUT2D eigenvalue weighted by Crippen LogP contribution is -2.62. The maximum Gasteiger partial charge on any atom is 0.257 e. The van der Waals surface area contributed by atoms with E-state index in [1.165, 1.54) is 24.5 Å². The topological polar surface area (TPSA) is 111 Å². The number of carbonyl (C=O) groups excluding carboxylic acids is 2. The second-order valence-electron chi connectivity index (χ2n) is 11.1. The van der Waals surface area contributed by atoms with Gasteiger partial charge in [0.2, 0.25) is 5.91 Å². The van der Waals surface area contributed by atoms with Crippen LogP contribution in [0.5, 0.6) is 11.5 Å². The van der Waals surface area contributed by atoms with Crippen LogP contribution in [0.1, 0.15) is 50.4 Å². The average Bonchev–Trinajstić information content (AvgIpc) is 3.34. The van der Waals surface area contributed by atoms with E-state index >= 15 is 0 Å². The zero-order valence-electron chi connectivity index (χ0n) is 22.8. The fourth-order valence-corrected chi connectivity index (χ4v) is 5.96. The number of anilines is 1. The molecule has 39 heavy (non-hydrogen) atoms. The van der Waals surface area contributed by atoms with Crippen molar-refractivity contribution in [2.45, 2.75) is 58.2 Å². The molecular formula is C28H37FN6O4. The van der Waals surface area contributed by atoms with Crippen molar-refractivity contribution in [2.75, 3.05) is 44.2 Å². The van der Waals surface area contributed by atoms with Gasteiger partial charge in [-0.1, -0.05) is 0 Å². The summed E-state index contributed by atoms with van der Waals surface area (Å²) in [4.78, 5) is 40.3. The third kappa shape index (κ3) is 5.42. The molecule has 210 valence electrons. The summed E-state index contributed by atoms with van der Waals surface area (Å²) < 4.78 is 20.3. The van der Waals surface area contributed by atoms with Gasteiger partial charge < -0.3 is 29.9 Å². The van der Waals surface area contributed by atoms with Gasteiger partial charge in [0.05, 0.1) is 17.9 Å². The molecule has 2 aromatic rings. The largest absolute Gasteiger partial charge is 0.451 e. The number of ether oxygens (including phenoxy) is 1. The summed E-state index contributed by atoms with van der Waals surface area (Å²) in [5.74, 6) is 0.441. The Labute approximate surface area is 228 Å². The number of nitrogens with one attached hydrogen (secondary N) is 1. The Morgan fingerprint density at radius 3 is 2.64 bits per heavy atom. The maximum atomic E-state index is 14.2. The zero-order chi connectivity index (χ0) is 27.7. The molecule has 0 saturated carbocycles. The van der Waals surface area contributed by atoms with Crippen LogP contribution in [0.4, 0.5) is 10.2 Å². The van der Waals surface area contributed by atoms with Gasteiger partial charge in [0, 0.05) is 44.2 Å². The predicted molar refractivity (Wildman–Crippen MR) is 143 cm³/mol. The number of aromatic nitrogens is 2. The zero-order valence-corrected chi connectivity index (χ0v) is 22.8. The quantitative estimate of drug-likeness (QED) is 0.551. The van der Waals surface area contributed by atoms with E-state index in [1.54, 1.807) is 11.1 Å². The highest BCUT2D eigenvalue weighted by Gasteiger charge is 2.47. The van der Waals surface area contributed by atoms with E-state index in [2.05, 4.69) is 20.2 Å². The number of hydrogen-bond acceptors (Lipinski definition) is 8. The van der Waals surface area contributed by atoms with Crippen LogP contribution in [0, 0.1) is 11.2 Å². The normalized spacial score (nSPS) is 22.2. The molecule has 10 nitrogen and oxygen atoms in total. The van der Waals surface area contributed by atoms with Gasteiger partial charge in [-0.3, -0.25) is 9.59 Å². The Morgan fingerprint density at radius 2 is 2.00 bits per heavy atom. The van der Waals surface area contributed by atoms with E-state index in [4.69, 9.17) is 4.74 Å². The van der Waals surface area contributed by atoms with E-state index < -0.39 is 18.0 Å². The van der Waals surface area contributed by atoms with Gasteiger partial charge in [-0.25, -0.2) is 14.4 Å². The summed E-state index contributed by atoms with van der Waals surface area (Å²) in [6.45, 7) is 9.72. The van der Waals surface area contributed by atoms with Crippen LogP contribution in [0.2, 0.25) is 0 Å². The molecule has 1 aromatic heterocycles. The first-order valence-corrected chi connectivity index (χ1v) is 13.7. The number of amides is 2. The molecule has 1 spiro atoms. The third-order valence-electron chi connectivity index (χ3n) is 8.22. The van der Waals surface area contributed by atoms with Crippen LogP contribution >= 0.6 is 0 Å². The number of likely N-dealkylation sites (tertiary alicyclic amines) is 1. The number of halogens is 1. The SMILES string of the molecule is CCN(C(=O)c1cc(F)ccc1Oc1cncnc1N1CC2(CCN(C(=O)[C@H]3NCC[C@@H]3O)CC2)C1)C(C)C. The molecule has 4 heterocycles. The van der Waals surface area contributed by atoms with E-state index in [0.717, 1.165) is 25.9 Å². The Balaban J connectivity index is 1.27. The maximum absolute atomic E-state index is 14.2. The summed E-state index contributed by atoms with van der Waals surface area (Å²) >= 11 is 0. The number of hydrogen-bond donors (Lipinski definition) is 2. The van der Waals surface area contributed by atoms with Gasteiger partial charge in [-0.2, -0.15) is 0 Å². The summed E-state index contributed by atoms with van der Waals surface area (Å²) in [5.41, 5.74) is 0.232. The minimum atomic E-state index is -0.615. The molecule has 11 heteroatoms. The van der Waals surface area contributed by atoms with Crippen molar-refractivity contribution < 1.29 is 23.8 Å². The fraction of sp³-hybridized carbons (Fsp3) is 0.571. The first kappa shape index (κ1) is 27.3. The molecule has 3 aliphatic heterocycles. The number of carbonyl (C=O) groups is 2. The highest BCUT2D eigenvalue weighted by molar-refractivity contribution is 5.97. The summed E-state index contributed by atoms with van der Waals surface area (Å²) in [6.07, 6.45) is 4.76. The summed E-state index contributed by atoms with van der Waals surface area (Å²) in [5, 5.41) is 13.2. The van der Waals surface area contributed by atoms with Crippen LogP contribution in [-0.4, -0.2) is 94.1 Å². The summed E-state index contributed by atoms with van der Waals surface area (Å²) in [7, 11) is 0. The lowest BCUT2D eigenvalue weighted by molar-refractivity contribution is -0.137. The molecule has 3 aliphatic rings.